The monoisotopic (exact) mass is 495 g/mol. The van der Waals surface area contributed by atoms with Gasteiger partial charge in [-0.05, 0) is 49.8 Å². The summed E-state index contributed by atoms with van der Waals surface area (Å²) in [6, 6.07) is 8.76. The zero-order valence-electron chi connectivity index (χ0n) is 16.5. The first-order chi connectivity index (χ1) is 14.5. The number of benzene rings is 1. The highest BCUT2D eigenvalue weighted by Crippen LogP contribution is 2.30. The van der Waals surface area contributed by atoms with E-state index in [9.17, 15) is 18.5 Å². The zero-order chi connectivity index (χ0) is 22.9. The van der Waals surface area contributed by atoms with Crippen LogP contribution in [0.25, 0.3) is 11.8 Å². The molecule has 3 aromatic rings. The summed E-state index contributed by atoms with van der Waals surface area (Å²) in [6.07, 6.45) is 2.42. The summed E-state index contributed by atoms with van der Waals surface area (Å²) in [5.74, 6) is -0.732. The Hall–Kier alpha value is -2.71. The molecule has 0 aliphatic rings. The summed E-state index contributed by atoms with van der Waals surface area (Å²) in [5, 5.41) is 20.0. The van der Waals surface area contributed by atoms with Crippen LogP contribution in [0.15, 0.2) is 34.2 Å². The van der Waals surface area contributed by atoms with Crippen LogP contribution in [-0.4, -0.2) is 35.3 Å². The van der Waals surface area contributed by atoms with Crippen molar-refractivity contribution in [2.75, 3.05) is 11.6 Å². The number of carbonyl (C=O) groups is 1. The molecular weight excluding hydrogens is 481 g/mol. The van der Waals surface area contributed by atoms with Crippen LogP contribution < -0.4 is 5.32 Å². The van der Waals surface area contributed by atoms with E-state index in [0.29, 0.717) is 32.6 Å². The van der Waals surface area contributed by atoms with Gasteiger partial charge in [-0.15, -0.1) is 10.2 Å². The third kappa shape index (κ3) is 4.97. The molecule has 0 bridgehead atoms. The number of amides is 1. The van der Waals surface area contributed by atoms with E-state index in [1.54, 1.807) is 18.2 Å². The molecule has 0 atom stereocenters. The highest BCUT2D eigenvalue weighted by atomic mass is 35.5. The first-order valence-electron chi connectivity index (χ1n) is 8.62. The molecule has 0 saturated carbocycles. The molecule has 0 aliphatic heterocycles. The predicted octanol–water partition coefficient (Wildman–Crippen LogP) is 4.20. The Morgan fingerprint density at radius 2 is 1.97 bits per heavy atom. The normalized spacial score (nSPS) is 11.9. The van der Waals surface area contributed by atoms with Crippen molar-refractivity contribution in [1.29, 1.82) is 5.26 Å². The number of nitrogens with one attached hydrogen (secondary N) is 1. The van der Waals surface area contributed by atoms with E-state index in [4.69, 9.17) is 23.2 Å². The van der Waals surface area contributed by atoms with Crippen molar-refractivity contribution in [3.05, 3.63) is 56.8 Å². The van der Waals surface area contributed by atoms with Crippen molar-refractivity contribution >= 4 is 61.5 Å². The van der Waals surface area contributed by atoms with E-state index in [1.165, 1.54) is 6.08 Å². The number of carbonyl (C=O) groups excluding carboxylic acids is 1. The summed E-state index contributed by atoms with van der Waals surface area (Å²) in [5.41, 5.74) is 2.70. The van der Waals surface area contributed by atoms with Crippen LogP contribution in [0.1, 0.15) is 17.0 Å². The van der Waals surface area contributed by atoms with Crippen LogP contribution in [0.2, 0.25) is 10.0 Å². The number of hydrogen-bond acceptors (Lipinski definition) is 7. The first kappa shape index (κ1) is 23.0. The number of aromatic nitrogens is 3. The van der Waals surface area contributed by atoms with Gasteiger partial charge in [0.15, 0.2) is 0 Å². The Morgan fingerprint density at radius 3 is 2.58 bits per heavy atom. The summed E-state index contributed by atoms with van der Waals surface area (Å²) >= 11 is 13.1. The quantitative estimate of drug-likeness (QED) is 0.321. The van der Waals surface area contributed by atoms with Crippen LogP contribution >= 0.6 is 34.5 Å². The standard InChI is InChI=1S/C19H15Cl2N5O3S2/c1-10-6-12(11(2)26(10)16-8-14(20)4-5-15(16)21)7-13(9-22)17(27)23-18-24-25-19(30-18)31(3,28)29/h4-8H,1-3H3,(H,23,24,27). The Labute approximate surface area is 192 Å². The molecule has 1 aromatic carbocycles. The third-order valence-corrected chi connectivity index (χ3v) is 7.29. The van der Waals surface area contributed by atoms with E-state index in [-0.39, 0.29) is 15.0 Å². The molecule has 8 nitrogen and oxygen atoms in total. The SMILES string of the molecule is Cc1cc(C=C(C#N)C(=O)Nc2nnc(S(C)(=O)=O)s2)c(C)n1-c1cc(Cl)ccc1Cl. The summed E-state index contributed by atoms with van der Waals surface area (Å²) in [6.45, 7) is 3.69. The maximum absolute atomic E-state index is 12.5. The smallest absolute Gasteiger partial charge is 0.268 e. The van der Waals surface area contributed by atoms with Gasteiger partial charge < -0.3 is 4.57 Å². The fourth-order valence-corrected chi connectivity index (χ4v) is 4.71. The number of halogens is 2. The Morgan fingerprint density at radius 1 is 1.26 bits per heavy atom. The predicted molar refractivity (Wildman–Crippen MR) is 121 cm³/mol. The minimum atomic E-state index is -3.54. The van der Waals surface area contributed by atoms with Gasteiger partial charge in [0, 0.05) is 22.7 Å². The highest BCUT2D eigenvalue weighted by molar-refractivity contribution is 7.92. The van der Waals surface area contributed by atoms with Crippen molar-refractivity contribution in [3.8, 4) is 11.8 Å². The van der Waals surface area contributed by atoms with Crippen LogP contribution in [0.4, 0.5) is 5.13 Å². The third-order valence-electron chi connectivity index (χ3n) is 4.23. The Balaban J connectivity index is 1.94. The number of aryl methyl sites for hydroxylation is 1. The summed E-state index contributed by atoms with van der Waals surface area (Å²) in [4.78, 5) is 12.5. The van der Waals surface area contributed by atoms with Crippen molar-refractivity contribution in [3.63, 3.8) is 0 Å². The highest BCUT2D eigenvalue weighted by Gasteiger charge is 2.19. The number of sulfone groups is 1. The lowest BCUT2D eigenvalue weighted by Gasteiger charge is -2.12. The number of hydrogen-bond donors (Lipinski definition) is 1. The first-order valence-corrected chi connectivity index (χ1v) is 12.1. The molecule has 160 valence electrons. The van der Waals surface area contributed by atoms with Gasteiger partial charge in [0.25, 0.3) is 5.91 Å². The zero-order valence-corrected chi connectivity index (χ0v) is 19.6. The van der Waals surface area contributed by atoms with Crippen LogP contribution in [0, 0.1) is 25.2 Å². The minimum Gasteiger partial charge on any atom is -0.316 e. The largest absolute Gasteiger partial charge is 0.316 e. The van der Waals surface area contributed by atoms with Crippen molar-refractivity contribution in [2.45, 2.75) is 18.2 Å². The second-order valence-electron chi connectivity index (χ2n) is 6.53. The Bertz CT molecular complexity index is 1370. The van der Waals surface area contributed by atoms with Crippen molar-refractivity contribution < 1.29 is 13.2 Å². The van der Waals surface area contributed by atoms with Gasteiger partial charge in [-0.2, -0.15) is 5.26 Å². The second-order valence-corrected chi connectivity index (χ2v) is 10.5. The molecule has 2 heterocycles. The molecule has 1 N–H and O–H groups in total. The van der Waals surface area contributed by atoms with E-state index < -0.39 is 15.7 Å². The van der Waals surface area contributed by atoms with Crippen LogP contribution in [-0.2, 0) is 14.6 Å². The maximum atomic E-state index is 12.5. The number of nitriles is 1. The molecule has 0 radical (unpaired) electrons. The number of nitrogens with zero attached hydrogens (tertiary/aromatic N) is 4. The van der Waals surface area contributed by atoms with E-state index in [1.807, 2.05) is 30.6 Å². The maximum Gasteiger partial charge on any atom is 0.268 e. The fourth-order valence-electron chi connectivity index (χ4n) is 2.84. The van der Waals surface area contributed by atoms with Crippen molar-refractivity contribution in [2.24, 2.45) is 0 Å². The summed E-state index contributed by atoms with van der Waals surface area (Å²) < 4.78 is 24.7. The fraction of sp³-hybridized carbons (Fsp3) is 0.158. The van der Waals surface area contributed by atoms with Gasteiger partial charge >= 0.3 is 0 Å². The molecule has 0 unspecified atom stereocenters. The molecule has 0 spiro atoms. The molecule has 0 aliphatic carbocycles. The average Bonchev–Trinajstić information content (AvgIpc) is 3.26. The van der Waals surface area contributed by atoms with Crippen molar-refractivity contribution in [1.82, 2.24) is 14.8 Å². The van der Waals surface area contributed by atoms with E-state index in [2.05, 4.69) is 15.5 Å². The van der Waals surface area contributed by atoms with Gasteiger partial charge in [0.05, 0.1) is 10.7 Å². The molecule has 1 amide bonds. The van der Waals surface area contributed by atoms with Gasteiger partial charge in [0.1, 0.15) is 11.6 Å². The molecule has 0 fully saturated rings. The molecular formula is C19H15Cl2N5O3S2. The lowest BCUT2D eigenvalue weighted by Crippen LogP contribution is -2.13. The van der Waals surface area contributed by atoms with Gasteiger partial charge in [0.2, 0.25) is 19.3 Å². The lowest BCUT2D eigenvalue weighted by atomic mass is 10.1. The second kappa shape index (κ2) is 8.80. The topological polar surface area (TPSA) is 118 Å². The Kier molecular flexibility index (Phi) is 6.52. The number of anilines is 1. The molecule has 12 heteroatoms. The summed E-state index contributed by atoms with van der Waals surface area (Å²) in [7, 11) is -3.54. The molecule has 3 rings (SSSR count). The van der Waals surface area contributed by atoms with Gasteiger partial charge in [-0.1, -0.05) is 34.5 Å². The minimum absolute atomic E-state index is 0.0252. The van der Waals surface area contributed by atoms with E-state index >= 15 is 0 Å². The van der Waals surface area contributed by atoms with Crippen LogP contribution in [0.3, 0.4) is 0 Å². The molecule has 0 saturated heterocycles. The average molecular weight is 496 g/mol. The lowest BCUT2D eigenvalue weighted by molar-refractivity contribution is -0.112. The van der Waals surface area contributed by atoms with Gasteiger partial charge in [-0.25, -0.2) is 8.42 Å². The van der Waals surface area contributed by atoms with Crippen LogP contribution in [0.5, 0.6) is 0 Å². The molecule has 2 aromatic heterocycles. The van der Waals surface area contributed by atoms with Gasteiger partial charge in [-0.3, -0.25) is 10.1 Å². The molecule has 31 heavy (non-hydrogen) atoms. The number of rotatable bonds is 5. The van der Waals surface area contributed by atoms with E-state index in [0.717, 1.165) is 17.6 Å².